The number of likely N-dealkylation sites (tertiary alicyclic amines) is 1. The van der Waals surface area contributed by atoms with Gasteiger partial charge in [0.1, 0.15) is 0 Å². The van der Waals surface area contributed by atoms with Crippen LogP contribution in [0.25, 0.3) is 0 Å². The lowest BCUT2D eigenvalue weighted by molar-refractivity contribution is -0.151. The van der Waals surface area contributed by atoms with Crippen molar-refractivity contribution >= 4 is 27.8 Å². The number of ether oxygens (including phenoxy) is 1. The van der Waals surface area contributed by atoms with E-state index in [4.69, 9.17) is 4.74 Å². The molecule has 0 spiro atoms. The highest BCUT2D eigenvalue weighted by atomic mass is 79.9. The molecule has 1 atom stereocenters. The Balaban J connectivity index is 1.72. The van der Waals surface area contributed by atoms with Gasteiger partial charge in [0.25, 0.3) is 0 Å². The van der Waals surface area contributed by atoms with Crippen LogP contribution in [0, 0.1) is 5.92 Å². The van der Waals surface area contributed by atoms with E-state index in [0.29, 0.717) is 13.2 Å². The molecule has 0 N–H and O–H groups in total. The van der Waals surface area contributed by atoms with Crippen LogP contribution in [-0.4, -0.2) is 36.5 Å². The fourth-order valence-electron chi connectivity index (χ4n) is 3.44. The van der Waals surface area contributed by atoms with Gasteiger partial charge in [0.2, 0.25) is 5.91 Å². The second kappa shape index (κ2) is 6.63. The van der Waals surface area contributed by atoms with E-state index < -0.39 is 0 Å². The number of amides is 1. The maximum atomic E-state index is 13.1. The molecule has 1 heterocycles. The first-order chi connectivity index (χ1) is 11.1. The van der Waals surface area contributed by atoms with Crippen LogP contribution >= 0.6 is 15.9 Å². The van der Waals surface area contributed by atoms with E-state index in [1.165, 1.54) is 0 Å². The molecule has 1 saturated heterocycles. The Bertz CT molecular complexity index is 595. The maximum Gasteiger partial charge on any atom is 0.310 e. The van der Waals surface area contributed by atoms with Crippen molar-refractivity contribution in [2.45, 2.75) is 38.0 Å². The van der Waals surface area contributed by atoms with Crippen LogP contribution in [0.1, 0.15) is 38.2 Å². The molecule has 0 aromatic heterocycles. The molecule has 3 rings (SSSR count). The van der Waals surface area contributed by atoms with Crippen molar-refractivity contribution in [1.82, 2.24) is 4.90 Å². The minimum absolute atomic E-state index is 0.168. The Kier molecular flexibility index (Phi) is 4.76. The lowest BCUT2D eigenvalue weighted by Gasteiger charge is -2.34. The summed E-state index contributed by atoms with van der Waals surface area (Å²) in [5, 5.41) is 0. The number of benzene rings is 1. The van der Waals surface area contributed by atoms with Gasteiger partial charge < -0.3 is 9.64 Å². The molecule has 1 saturated carbocycles. The van der Waals surface area contributed by atoms with Crippen LogP contribution in [0.15, 0.2) is 28.7 Å². The number of carbonyl (C=O) groups excluding carboxylic acids is 2. The van der Waals surface area contributed by atoms with Crippen molar-refractivity contribution in [2.75, 3.05) is 19.7 Å². The molecule has 0 bridgehead atoms. The van der Waals surface area contributed by atoms with Crippen molar-refractivity contribution in [1.29, 1.82) is 0 Å². The third-order valence-corrected chi connectivity index (χ3v) is 5.41. The van der Waals surface area contributed by atoms with Gasteiger partial charge in [-0.1, -0.05) is 28.1 Å². The lowest BCUT2D eigenvalue weighted by Crippen LogP contribution is -2.47. The normalized spacial score (nSPS) is 22.5. The zero-order valence-electron chi connectivity index (χ0n) is 13.4. The molecule has 2 aliphatic rings. The van der Waals surface area contributed by atoms with Crippen LogP contribution in [0.5, 0.6) is 0 Å². The fourth-order valence-corrected chi connectivity index (χ4v) is 3.70. The number of esters is 1. The third kappa shape index (κ3) is 3.30. The Hall–Kier alpha value is -1.36. The molecule has 1 aliphatic heterocycles. The second-order valence-electron chi connectivity index (χ2n) is 6.43. The molecule has 1 aromatic rings. The first kappa shape index (κ1) is 16.5. The molecule has 0 radical (unpaired) electrons. The Morgan fingerprint density at radius 3 is 2.61 bits per heavy atom. The Morgan fingerprint density at radius 2 is 2.00 bits per heavy atom. The largest absolute Gasteiger partial charge is 0.466 e. The Morgan fingerprint density at radius 1 is 1.30 bits per heavy atom. The molecular weight excluding hydrogens is 358 g/mol. The number of hydrogen-bond acceptors (Lipinski definition) is 3. The van der Waals surface area contributed by atoms with Gasteiger partial charge >= 0.3 is 5.97 Å². The average Bonchev–Trinajstić information content (AvgIpc) is 3.37. The number of rotatable bonds is 4. The van der Waals surface area contributed by atoms with Crippen molar-refractivity contribution < 1.29 is 14.3 Å². The molecule has 1 unspecified atom stereocenters. The van der Waals surface area contributed by atoms with E-state index in [2.05, 4.69) is 15.9 Å². The summed E-state index contributed by atoms with van der Waals surface area (Å²) in [6.45, 7) is 3.45. The van der Waals surface area contributed by atoms with Crippen molar-refractivity contribution in [3.8, 4) is 0 Å². The third-order valence-electron chi connectivity index (χ3n) is 4.88. The second-order valence-corrected chi connectivity index (χ2v) is 7.35. The van der Waals surface area contributed by atoms with Gasteiger partial charge in [0.15, 0.2) is 0 Å². The van der Waals surface area contributed by atoms with E-state index in [1.54, 1.807) is 0 Å². The topological polar surface area (TPSA) is 46.6 Å². The number of halogens is 1. The van der Waals surface area contributed by atoms with E-state index in [1.807, 2.05) is 36.1 Å². The van der Waals surface area contributed by atoms with Crippen LogP contribution in [0.2, 0.25) is 0 Å². The average molecular weight is 380 g/mol. The molecule has 1 amide bonds. The highest BCUT2D eigenvalue weighted by molar-refractivity contribution is 9.10. The molecule has 2 fully saturated rings. The summed E-state index contributed by atoms with van der Waals surface area (Å²) >= 11 is 3.44. The summed E-state index contributed by atoms with van der Waals surface area (Å²) in [5.74, 6) is -0.166. The standard InChI is InChI=1S/C18H22BrNO3/c1-2-23-16(21)13-4-3-11-20(12-13)17(22)18(9-10-18)14-5-7-15(19)8-6-14/h5-8,13H,2-4,9-12H2,1H3. The minimum atomic E-state index is -0.364. The first-order valence-corrected chi connectivity index (χ1v) is 9.08. The quantitative estimate of drug-likeness (QED) is 0.754. The van der Waals surface area contributed by atoms with Crippen LogP contribution in [0.4, 0.5) is 0 Å². The van der Waals surface area contributed by atoms with E-state index in [9.17, 15) is 9.59 Å². The maximum absolute atomic E-state index is 13.1. The van der Waals surface area contributed by atoms with Crippen LogP contribution in [0.3, 0.4) is 0 Å². The molecule has 1 aromatic carbocycles. The summed E-state index contributed by atoms with van der Waals surface area (Å²) in [7, 11) is 0. The summed E-state index contributed by atoms with van der Waals surface area (Å²) in [6.07, 6.45) is 3.47. The molecule has 1 aliphatic carbocycles. The highest BCUT2D eigenvalue weighted by Crippen LogP contribution is 2.50. The SMILES string of the molecule is CCOC(=O)C1CCCN(C(=O)C2(c3ccc(Br)cc3)CC2)C1. The van der Waals surface area contributed by atoms with Gasteiger partial charge in [-0.05, 0) is 50.3 Å². The first-order valence-electron chi connectivity index (χ1n) is 8.29. The van der Waals surface area contributed by atoms with Gasteiger partial charge in [-0.25, -0.2) is 0 Å². The van der Waals surface area contributed by atoms with E-state index >= 15 is 0 Å². The number of carbonyl (C=O) groups is 2. The van der Waals surface area contributed by atoms with Gasteiger partial charge in [-0.15, -0.1) is 0 Å². The summed E-state index contributed by atoms with van der Waals surface area (Å²) in [5.41, 5.74) is 0.723. The summed E-state index contributed by atoms with van der Waals surface area (Å²) in [6, 6.07) is 8.03. The lowest BCUT2D eigenvalue weighted by atomic mass is 9.91. The smallest absolute Gasteiger partial charge is 0.310 e. The van der Waals surface area contributed by atoms with Gasteiger partial charge in [-0.3, -0.25) is 9.59 Å². The number of nitrogens with zero attached hydrogens (tertiary/aromatic N) is 1. The molecular formula is C18H22BrNO3. The van der Waals surface area contributed by atoms with Gasteiger partial charge in [0.05, 0.1) is 17.9 Å². The van der Waals surface area contributed by atoms with Gasteiger partial charge in [-0.2, -0.15) is 0 Å². The molecule has 23 heavy (non-hydrogen) atoms. The number of piperidine rings is 1. The van der Waals surface area contributed by atoms with E-state index in [0.717, 1.165) is 42.3 Å². The molecule has 5 heteroatoms. The zero-order valence-corrected chi connectivity index (χ0v) is 15.0. The predicted molar refractivity (Wildman–Crippen MR) is 91.0 cm³/mol. The van der Waals surface area contributed by atoms with Gasteiger partial charge in [0, 0.05) is 17.6 Å². The van der Waals surface area contributed by atoms with Crippen molar-refractivity contribution in [2.24, 2.45) is 5.92 Å². The molecule has 124 valence electrons. The van der Waals surface area contributed by atoms with Crippen LogP contribution < -0.4 is 0 Å². The summed E-state index contributed by atoms with van der Waals surface area (Å²) in [4.78, 5) is 26.9. The predicted octanol–water partition coefficient (Wildman–Crippen LogP) is 3.28. The summed E-state index contributed by atoms with van der Waals surface area (Å²) < 4.78 is 6.14. The van der Waals surface area contributed by atoms with Crippen LogP contribution in [-0.2, 0) is 19.7 Å². The number of hydrogen-bond donors (Lipinski definition) is 0. The Labute approximate surface area is 145 Å². The van der Waals surface area contributed by atoms with Crippen molar-refractivity contribution in [3.63, 3.8) is 0 Å². The monoisotopic (exact) mass is 379 g/mol. The minimum Gasteiger partial charge on any atom is -0.466 e. The zero-order chi connectivity index (χ0) is 16.4. The van der Waals surface area contributed by atoms with Crippen molar-refractivity contribution in [3.05, 3.63) is 34.3 Å². The fraction of sp³-hybridized carbons (Fsp3) is 0.556. The molecule has 4 nitrogen and oxygen atoms in total. The van der Waals surface area contributed by atoms with E-state index in [-0.39, 0.29) is 23.2 Å². The highest BCUT2D eigenvalue weighted by Gasteiger charge is 2.53.